The molecule has 4 aromatic carbocycles. The number of rotatable bonds is 14. The van der Waals surface area contributed by atoms with Gasteiger partial charge in [-0.15, -0.1) is 24.8 Å². The van der Waals surface area contributed by atoms with Crippen molar-refractivity contribution in [1.29, 1.82) is 10.5 Å². The van der Waals surface area contributed by atoms with Crippen molar-refractivity contribution in [3.05, 3.63) is 101 Å². The highest BCUT2D eigenvalue weighted by atomic mass is 32.2. The Balaban J connectivity index is 1.42. The van der Waals surface area contributed by atoms with E-state index in [1.165, 1.54) is 67.6 Å². The van der Waals surface area contributed by atoms with Crippen LogP contribution < -0.4 is 10.6 Å². The number of azo groups is 2. The number of nitrogens with one attached hydrogen (secondary N) is 2. The van der Waals surface area contributed by atoms with Gasteiger partial charge in [0.2, 0.25) is 0 Å². The lowest BCUT2D eigenvalue weighted by atomic mass is 10.1. The first kappa shape index (κ1) is 45.3. The van der Waals surface area contributed by atoms with Crippen LogP contribution in [-0.2, 0) is 39.7 Å². The Labute approximate surface area is 360 Å². The van der Waals surface area contributed by atoms with E-state index in [4.69, 9.17) is 5.26 Å². The van der Waals surface area contributed by atoms with Crippen molar-refractivity contribution in [3.8, 4) is 12.1 Å². The first-order valence-electron chi connectivity index (χ1n) is 16.9. The quantitative estimate of drug-likeness (QED) is 0.0194. The van der Waals surface area contributed by atoms with Crippen LogP contribution in [-0.4, -0.2) is 49.2 Å². The lowest BCUT2D eigenvalue weighted by molar-refractivity contribution is -0.432. The van der Waals surface area contributed by atoms with E-state index < -0.39 is 35.2 Å². The maximum absolute atomic E-state index is 12.1. The molecule has 0 radical (unpaired) electrons. The van der Waals surface area contributed by atoms with Crippen LogP contribution in [0.5, 0.6) is 0 Å². The summed E-state index contributed by atoms with van der Waals surface area (Å²) in [6.07, 6.45) is 0. The predicted molar refractivity (Wildman–Crippen MR) is 224 cm³/mol. The molecule has 2 aromatic heterocycles. The second-order valence-corrected chi connectivity index (χ2v) is 18.7. The molecule has 0 unspecified atom stereocenters. The van der Waals surface area contributed by atoms with E-state index >= 15 is 0 Å². The average Bonchev–Trinajstić information content (AvgIpc) is 3.61. The van der Waals surface area contributed by atoms with Gasteiger partial charge >= 0.3 is 0 Å². The highest BCUT2D eigenvalue weighted by molar-refractivity contribution is 7.94. The van der Waals surface area contributed by atoms with E-state index in [1.807, 2.05) is 6.07 Å². The lowest BCUT2D eigenvalue weighted by Crippen LogP contribution is -2.06. The molecule has 0 bridgehead atoms. The minimum atomic E-state index is -4.69. The highest BCUT2D eigenvalue weighted by Gasteiger charge is 2.22. The van der Waals surface area contributed by atoms with Crippen LogP contribution in [0.3, 0.4) is 0 Å². The smallest absolute Gasteiger partial charge is 0.295 e. The molecule has 2 heterocycles. The van der Waals surface area contributed by atoms with Crippen molar-refractivity contribution < 1.29 is 53.5 Å². The van der Waals surface area contributed by atoms with Gasteiger partial charge in [0.05, 0.1) is 38.6 Å². The van der Waals surface area contributed by atoms with Gasteiger partial charge in [0.15, 0.2) is 16.6 Å². The van der Waals surface area contributed by atoms with Crippen molar-refractivity contribution >= 4 is 109 Å². The summed E-state index contributed by atoms with van der Waals surface area (Å²) < 4.78 is 105. The first-order valence-corrected chi connectivity index (χ1v) is 22.8. The zero-order valence-corrected chi connectivity index (χ0v) is 35.7. The third-order valence-corrected chi connectivity index (χ3v) is 12.8. The first-order chi connectivity index (χ1) is 29.2. The molecule has 318 valence electrons. The SMILES string of the molecule is Cc1cc(S(=O)(=O)O)ccc1Nc1nc(Nc2ccc(S(=O)(=O)O)cc2C)c(N=Nc2sc(N=Nc3cc(SOOO)c4cccc(S(=O)(=O)O)c4c3)cc2C#N)c(C)c1C#N. The number of benzene rings is 4. The fraction of sp³-hybridized carbons (Fsp3) is 0.0833. The van der Waals surface area contributed by atoms with Crippen LogP contribution in [0.2, 0.25) is 0 Å². The van der Waals surface area contributed by atoms with Crippen LogP contribution in [0.15, 0.2) is 113 Å². The van der Waals surface area contributed by atoms with E-state index in [-0.39, 0.29) is 69.8 Å². The maximum atomic E-state index is 12.1. The number of fused-ring (bicyclic) bond motifs is 1. The minimum absolute atomic E-state index is 0.00369. The van der Waals surface area contributed by atoms with Gasteiger partial charge in [-0.05, 0) is 97.9 Å². The number of pyridine rings is 1. The normalized spacial score (nSPS) is 12.2. The summed E-state index contributed by atoms with van der Waals surface area (Å²) in [5, 5.41) is 56.2. The minimum Gasteiger partial charge on any atom is -0.339 e. The number of nitriles is 2. The number of hydrogen-bond donors (Lipinski definition) is 6. The predicted octanol–water partition coefficient (Wildman–Crippen LogP) is 9.45. The zero-order chi connectivity index (χ0) is 45.1. The Hall–Kier alpha value is -6.27. The molecule has 6 aromatic rings. The molecule has 6 rings (SSSR count). The van der Waals surface area contributed by atoms with E-state index in [0.717, 1.165) is 23.5 Å². The van der Waals surface area contributed by atoms with Crippen molar-refractivity contribution in [1.82, 2.24) is 4.98 Å². The summed E-state index contributed by atoms with van der Waals surface area (Å²) in [4.78, 5) is 3.63. The number of anilines is 4. The fourth-order valence-corrected chi connectivity index (χ4v) is 8.87. The Kier molecular flexibility index (Phi) is 13.1. The Morgan fingerprint density at radius 3 is 1.90 bits per heavy atom. The zero-order valence-electron chi connectivity index (χ0n) is 31.7. The van der Waals surface area contributed by atoms with Gasteiger partial charge in [-0.2, -0.15) is 35.8 Å². The van der Waals surface area contributed by atoms with Gasteiger partial charge in [-0.1, -0.05) is 28.5 Å². The van der Waals surface area contributed by atoms with Gasteiger partial charge in [0, 0.05) is 27.2 Å². The van der Waals surface area contributed by atoms with Crippen LogP contribution in [0.1, 0.15) is 27.8 Å². The third kappa shape index (κ3) is 10.1. The van der Waals surface area contributed by atoms with Gasteiger partial charge in [0.25, 0.3) is 30.4 Å². The molecular formula is C36H27N9O12S5. The standard InChI is InChI=1S/C36H27N9O12S5/c1-18-11-23(60(47,48)49)7-9-28(18)39-34-27(17-38)20(3)33(35(41-34)40-29-10-8-24(12-19(29)2)61(50,51)52)44-45-36-21(16-37)13-32(58-36)43-42-22-14-26-25(30(15-22)59-57-56-46)5-4-6-31(26)62(53,54)55/h4-15,46H,1-3H3,(H2,39,40,41)(H,47,48,49)(H,50,51,52)(H,53,54,55). The fourth-order valence-electron chi connectivity index (χ4n) is 5.75. The molecule has 0 atom stereocenters. The highest BCUT2D eigenvalue weighted by Crippen LogP contribution is 2.43. The van der Waals surface area contributed by atoms with Crippen molar-refractivity contribution in [3.63, 3.8) is 0 Å². The van der Waals surface area contributed by atoms with E-state index in [9.17, 15) is 49.4 Å². The lowest BCUT2D eigenvalue weighted by Gasteiger charge is -2.17. The molecule has 0 aliphatic heterocycles. The van der Waals surface area contributed by atoms with Gasteiger partial charge in [-0.25, -0.2) is 10.2 Å². The molecule has 0 amide bonds. The molecule has 0 saturated heterocycles. The number of aromatic nitrogens is 1. The third-order valence-electron chi connectivity index (χ3n) is 8.68. The molecule has 0 aliphatic carbocycles. The molecular weight excluding hydrogens is 911 g/mol. The van der Waals surface area contributed by atoms with E-state index in [1.54, 1.807) is 13.8 Å². The van der Waals surface area contributed by atoms with Crippen LogP contribution in [0.25, 0.3) is 10.8 Å². The summed E-state index contributed by atoms with van der Waals surface area (Å²) in [6.45, 7) is 4.65. The Morgan fingerprint density at radius 2 is 1.35 bits per heavy atom. The second-order valence-electron chi connectivity index (χ2n) is 12.7. The molecule has 0 spiro atoms. The van der Waals surface area contributed by atoms with Crippen molar-refractivity contribution in [2.45, 2.75) is 40.4 Å². The number of hydrogen-bond acceptors (Lipinski definition) is 20. The van der Waals surface area contributed by atoms with Crippen molar-refractivity contribution in [2.75, 3.05) is 10.6 Å². The van der Waals surface area contributed by atoms with Gasteiger partial charge in [0.1, 0.15) is 27.7 Å². The monoisotopic (exact) mass is 937 g/mol. The van der Waals surface area contributed by atoms with Crippen LogP contribution in [0, 0.1) is 43.4 Å². The van der Waals surface area contributed by atoms with Gasteiger partial charge in [-0.3, -0.25) is 13.7 Å². The molecule has 0 saturated carbocycles. The number of thiophene rings is 1. The topological polar surface area (TPSA) is 336 Å². The van der Waals surface area contributed by atoms with Crippen molar-refractivity contribution in [2.24, 2.45) is 20.5 Å². The number of nitrogens with zero attached hydrogens (tertiary/aromatic N) is 7. The molecule has 62 heavy (non-hydrogen) atoms. The summed E-state index contributed by atoms with van der Waals surface area (Å²) in [7, 11) is -13.8. The molecule has 0 fully saturated rings. The van der Waals surface area contributed by atoms with Crippen LogP contribution in [0.4, 0.5) is 44.4 Å². The molecule has 0 aliphatic rings. The molecule has 26 heteroatoms. The molecule has 6 N–H and O–H groups in total. The average molecular weight is 938 g/mol. The van der Waals surface area contributed by atoms with E-state index in [0.29, 0.717) is 39.9 Å². The Bertz CT molecular complexity index is 3290. The maximum Gasteiger partial charge on any atom is 0.295 e. The largest absolute Gasteiger partial charge is 0.339 e. The van der Waals surface area contributed by atoms with Gasteiger partial charge < -0.3 is 10.6 Å². The summed E-state index contributed by atoms with van der Waals surface area (Å²) in [5.41, 5.74) is 1.58. The van der Waals surface area contributed by atoms with E-state index in [2.05, 4.69) is 51.5 Å². The Morgan fingerprint density at radius 1 is 0.726 bits per heavy atom. The summed E-state index contributed by atoms with van der Waals surface area (Å²) in [6, 6.07) is 19.7. The number of aryl methyl sites for hydroxylation is 2. The molecule has 21 nitrogen and oxygen atoms in total. The summed E-state index contributed by atoms with van der Waals surface area (Å²) in [5.74, 6) is -0.0465. The summed E-state index contributed by atoms with van der Waals surface area (Å²) >= 11 is 1.39. The second kappa shape index (κ2) is 18.0. The van der Waals surface area contributed by atoms with Crippen LogP contribution >= 0.6 is 23.4 Å².